The highest BCUT2D eigenvalue weighted by Crippen LogP contribution is 2.30. The lowest BCUT2D eigenvalue weighted by Gasteiger charge is -2.07. The standard InChI is InChI=1S/C15H15FO2/c1-2-9-18-13-6-3-11(4-7-13)14-10-12(16)5-8-15(14)17/h3-8,10,17H,2,9H2,1H3. The zero-order valence-corrected chi connectivity index (χ0v) is 10.2. The minimum absolute atomic E-state index is 0.0682. The van der Waals surface area contributed by atoms with E-state index in [1.165, 1.54) is 18.2 Å². The number of ether oxygens (including phenoxy) is 1. The molecule has 0 fully saturated rings. The van der Waals surface area contributed by atoms with Crippen LogP contribution in [0.15, 0.2) is 42.5 Å². The van der Waals surface area contributed by atoms with Crippen LogP contribution in [0.2, 0.25) is 0 Å². The number of halogens is 1. The summed E-state index contributed by atoms with van der Waals surface area (Å²) in [6.07, 6.45) is 0.951. The van der Waals surface area contributed by atoms with Crippen molar-refractivity contribution in [2.24, 2.45) is 0 Å². The molecule has 0 atom stereocenters. The lowest BCUT2D eigenvalue weighted by atomic mass is 10.0. The Hall–Kier alpha value is -2.03. The molecule has 0 aliphatic rings. The average molecular weight is 246 g/mol. The van der Waals surface area contributed by atoms with Gasteiger partial charge in [0.1, 0.15) is 17.3 Å². The molecule has 3 heteroatoms. The highest BCUT2D eigenvalue weighted by molar-refractivity contribution is 5.70. The van der Waals surface area contributed by atoms with Gasteiger partial charge in [0.2, 0.25) is 0 Å². The van der Waals surface area contributed by atoms with Crippen LogP contribution in [0.5, 0.6) is 11.5 Å². The molecule has 0 radical (unpaired) electrons. The predicted molar refractivity (Wildman–Crippen MR) is 69.3 cm³/mol. The van der Waals surface area contributed by atoms with E-state index in [9.17, 15) is 9.50 Å². The maximum Gasteiger partial charge on any atom is 0.124 e. The van der Waals surface area contributed by atoms with Crippen LogP contribution in [0.4, 0.5) is 4.39 Å². The topological polar surface area (TPSA) is 29.5 Å². The SMILES string of the molecule is CCCOc1ccc(-c2cc(F)ccc2O)cc1. The van der Waals surface area contributed by atoms with Gasteiger partial charge in [-0.05, 0) is 42.3 Å². The number of benzene rings is 2. The molecule has 0 aromatic heterocycles. The summed E-state index contributed by atoms with van der Waals surface area (Å²) in [6, 6.07) is 11.1. The Balaban J connectivity index is 2.25. The van der Waals surface area contributed by atoms with Gasteiger partial charge in [-0.25, -0.2) is 4.39 Å². The van der Waals surface area contributed by atoms with Crippen LogP contribution >= 0.6 is 0 Å². The highest BCUT2D eigenvalue weighted by Gasteiger charge is 2.05. The van der Waals surface area contributed by atoms with E-state index in [1.54, 1.807) is 12.1 Å². The van der Waals surface area contributed by atoms with Crippen LogP contribution in [0.1, 0.15) is 13.3 Å². The second-order valence-corrected chi connectivity index (χ2v) is 4.03. The van der Waals surface area contributed by atoms with E-state index in [-0.39, 0.29) is 11.6 Å². The largest absolute Gasteiger partial charge is 0.507 e. The van der Waals surface area contributed by atoms with Crippen LogP contribution < -0.4 is 4.74 Å². The van der Waals surface area contributed by atoms with Crippen LogP contribution in [0, 0.1) is 5.82 Å². The van der Waals surface area contributed by atoms with Gasteiger partial charge >= 0.3 is 0 Å². The summed E-state index contributed by atoms with van der Waals surface area (Å²) in [6.45, 7) is 2.71. The molecule has 0 unspecified atom stereocenters. The summed E-state index contributed by atoms with van der Waals surface area (Å²) in [5.74, 6) is 0.476. The molecule has 0 saturated heterocycles. The summed E-state index contributed by atoms with van der Waals surface area (Å²) >= 11 is 0. The van der Waals surface area contributed by atoms with Crippen molar-refractivity contribution in [3.05, 3.63) is 48.3 Å². The quantitative estimate of drug-likeness (QED) is 0.884. The van der Waals surface area contributed by atoms with Gasteiger partial charge in [0.15, 0.2) is 0 Å². The van der Waals surface area contributed by atoms with Crippen LogP contribution in [-0.2, 0) is 0 Å². The Morgan fingerprint density at radius 3 is 2.50 bits per heavy atom. The second-order valence-electron chi connectivity index (χ2n) is 4.03. The molecule has 1 N–H and O–H groups in total. The summed E-state index contributed by atoms with van der Waals surface area (Å²) in [5, 5.41) is 9.70. The Bertz CT molecular complexity index is 521. The summed E-state index contributed by atoms with van der Waals surface area (Å²) in [4.78, 5) is 0. The van der Waals surface area contributed by atoms with Gasteiger partial charge in [0.05, 0.1) is 6.61 Å². The van der Waals surface area contributed by atoms with Crippen LogP contribution in [0.25, 0.3) is 11.1 Å². The molecule has 0 saturated carbocycles. The predicted octanol–water partition coefficient (Wildman–Crippen LogP) is 3.99. The third-order valence-corrected chi connectivity index (χ3v) is 2.60. The molecule has 2 rings (SSSR count). The fraction of sp³-hybridized carbons (Fsp3) is 0.200. The smallest absolute Gasteiger partial charge is 0.124 e. The summed E-state index contributed by atoms with van der Waals surface area (Å²) in [7, 11) is 0. The van der Waals surface area contributed by atoms with Crippen molar-refractivity contribution in [3.8, 4) is 22.6 Å². The van der Waals surface area contributed by atoms with Crippen molar-refractivity contribution in [3.63, 3.8) is 0 Å². The lowest BCUT2D eigenvalue weighted by molar-refractivity contribution is 0.317. The monoisotopic (exact) mass is 246 g/mol. The zero-order chi connectivity index (χ0) is 13.0. The Morgan fingerprint density at radius 2 is 1.83 bits per heavy atom. The van der Waals surface area contributed by atoms with Gasteiger partial charge in [-0.15, -0.1) is 0 Å². The minimum Gasteiger partial charge on any atom is -0.507 e. The fourth-order valence-corrected chi connectivity index (χ4v) is 1.69. The van der Waals surface area contributed by atoms with Crippen molar-refractivity contribution in [2.45, 2.75) is 13.3 Å². The molecule has 0 aliphatic carbocycles. The number of rotatable bonds is 4. The van der Waals surface area contributed by atoms with Crippen molar-refractivity contribution in [1.29, 1.82) is 0 Å². The maximum absolute atomic E-state index is 13.1. The minimum atomic E-state index is -0.367. The van der Waals surface area contributed by atoms with E-state index >= 15 is 0 Å². The first-order chi connectivity index (χ1) is 8.70. The fourth-order valence-electron chi connectivity index (χ4n) is 1.69. The van der Waals surface area contributed by atoms with Gasteiger partial charge in [-0.2, -0.15) is 0 Å². The van der Waals surface area contributed by atoms with Crippen molar-refractivity contribution in [1.82, 2.24) is 0 Å². The molecule has 18 heavy (non-hydrogen) atoms. The number of hydrogen-bond donors (Lipinski definition) is 1. The molecule has 2 aromatic rings. The molecular weight excluding hydrogens is 231 g/mol. The highest BCUT2D eigenvalue weighted by atomic mass is 19.1. The maximum atomic E-state index is 13.1. The first kappa shape index (κ1) is 12.4. The molecular formula is C15H15FO2. The molecule has 94 valence electrons. The van der Waals surface area contributed by atoms with Crippen molar-refractivity contribution >= 4 is 0 Å². The van der Waals surface area contributed by atoms with E-state index in [4.69, 9.17) is 4.74 Å². The number of hydrogen-bond acceptors (Lipinski definition) is 2. The summed E-state index contributed by atoms with van der Waals surface area (Å²) in [5.41, 5.74) is 1.24. The Labute approximate surface area is 106 Å². The Morgan fingerprint density at radius 1 is 1.11 bits per heavy atom. The Kier molecular flexibility index (Phi) is 3.82. The van der Waals surface area contributed by atoms with E-state index in [0.29, 0.717) is 12.2 Å². The third-order valence-electron chi connectivity index (χ3n) is 2.60. The van der Waals surface area contributed by atoms with E-state index in [1.807, 2.05) is 19.1 Å². The second kappa shape index (κ2) is 5.54. The van der Waals surface area contributed by atoms with Gasteiger partial charge in [-0.1, -0.05) is 19.1 Å². The number of aromatic hydroxyl groups is 1. The molecule has 0 spiro atoms. The van der Waals surface area contributed by atoms with Gasteiger partial charge in [0.25, 0.3) is 0 Å². The first-order valence-electron chi connectivity index (χ1n) is 5.92. The van der Waals surface area contributed by atoms with Gasteiger partial charge < -0.3 is 9.84 Å². The molecule has 0 aliphatic heterocycles. The van der Waals surface area contributed by atoms with E-state index < -0.39 is 0 Å². The third kappa shape index (κ3) is 2.80. The van der Waals surface area contributed by atoms with Gasteiger partial charge in [0, 0.05) is 5.56 Å². The van der Waals surface area contributed by atoms with Gasteiger partial charge in [-0.3, -0.25) is 0 Å². The number of phenols is 1. The molecule has 0 heterocycles. The van der Waals surface area contributed by atoms with Crippen LogP contribution in [0.3, 0.4) is 0 Å². The lowest BCUT2D eigenvalue weighted by Crippen LogP contribution is -1.94. The molecule has 0 bridgehead atoms. The van der Waals surface area contributed by atoms with E-state index in [2.05, 4.69) is 0 Å². The molecule has 2 nitrogen and oxygen atoms in total. The molecule has 2 aromatic carbocycles. The first-order valence-corrected chi connectivity index (χ1v) is 5.92. The molecule has 0 amide bonds. The summed E-state index contributed by atoms with van der Waals surface area (Å²) < 4.78 is 18.6. The zero-order valence-electron chi connectivity index (χ0n) is 10.2. The normalized spacial score (nSPS) is 10.3. The van der Waals surface area contributed by atoms with E-state index in [0.717, 1.165) is 17.7 Å². The van der Waals surface area contributed by atoms with Crippen LogP contribution in [-0.4, -0.2) is 11.7 Å². The number of phenolic OH excluding ortho intramolecular Hbond substituents is 1. The van der Waals surface area contributed by atoms with Crippen molar-refractivity contribution < 1.29 is 14.2 Å². The van der Waals surface area contributed by atoms with Crippen molar-refractivity contribution in [2.75, 3.05) is 6.61 Å². The average Bonchev–Trinajstić information content (AvgIpc) is 2.40.